The van der Waals surface area contributed by atoms with E-state index in [1.807, 2.05) is 13.0 Å². The third kappa shape index (κ3) is 2.21. The van der Waals surface area contributed by atoms with Gasteiger partial charge in [-0.1, -0.05) is 13.8 Å². The molecule has 0 amide bonds. The molecule has 0 radical (unpaired) electrons. The van der Waals surface area contributed by atoms with Crippen LogP contribution in [0.1, 0.15) is 37.0 Å². The molecule has 0 saturated carbocycles. The quantitative estimate of drug-likeness (QED) is 0.710. The van der Waals surface area contributed by atoms with E-state index >= 15 is 0 Å². The number of hydrogen-bond acceptors (Lipinski definition) is 3. The van der Waals surface area contributed by atoms with Crippen molar-refractivity contribution in [3.63, 3.8) is 0 Å². The summed E-state index contributed by atoms with van der Waals surface area (Å²) < 4.78 is 0. The molecule has 0 aliphatic carbocycles. The molecule has 1 heterocycles. The summed E-state index contributed by atoms with van der Waals surface area (Å²) in [4.78, 5) is 8.61. The van der Waals surface area contributed by atoms with Crippen LogP contribution in [0.25, 0.3) is 0 Å². The molecular formula is C9H14N2S. The minimum atomic E-state index is 0.463. The van der Waals surface area contributed by atoms with Gasteiger partial charge in [0, 0.05) is 11.4 Å². The average Bonchev–Trinajstić information content (AvgIpc) is 2.03. The van der Waals surface area contributed by atoms with E-state index in [1.54, 1.807) is 0 Å². The zero-order valence-corrected chi connectivity index (χ0v) is 8.60. The van der Waals surface area contributed by atoms with E-state index in [4.69, 9.17) is 0 Å². The molecule has 0 fully saturated rings. The molecule has 1 aromatic heterocycles. The Morgan fingerprint density at radius 2 is 2.08 bits per heavy atom. The number of aromatic nitrogens is 2. The van der Waals surface area contributed by atoms with Crippen molar-refractivity contribution in [1.29, 1.82) is 0 Å². The highest BCUT2D eigenvalue weighted by atomic mass is 32.1. The van der Waals surface area contributed by atoms with Gasteiger partial charge in [0.05, 0.1) is 5.75 Å². The molecule has 0 aromatic carbocycles. The molecule has 0 atom stereocenters. The van der Waals surface area contributed by atoms with Crippen molar-refractivity contribution in [2.24, 2.45) is 0 Å². The van der Waals surface area contributed by atoms with Crippen LogP contribution in [0, 0.1) is 6.92 Å². The molecule has 0 N–H and O–H groups in total. The highest BCUT2D eigenvalue weighted by Gasteiger charge is 2.03. The van der Waals surface area contributed by atoms with Crippen LogP contribution in [0.15, 0.2) is 6.07 Å². The first-order valence-corrected chi connectivity index (χ1v) is 4.72. The molecule has 0 saturated heterocycles. The molecule has 2 nitrogen and oxygen atoms in total. The SMILES string of the molecule is Cc1cc(C(C)C)nc(CS)n1. The minimum absolute atomic E-state index is 0.463. The fourth-order valence-corrected chi connectivity index (χ4v) is 1.16. The highest BCUT2D eigenvalue weighted by Crippen LogP contribution is 2.12. The molecule has 0 spiro atoms. The van der Waals surface area contributed by atoms with Crippen molar-refractivity contribution in [3.8, 4) is 0 Å². The lowest BCUT2D eigenvalue weighted by Gasteiger charge is -2.06. The van der Waals surface area contributed by atoms with Crippen LogP contribution in [-0.4, -0.2) is 9.97 Å². The molecule has 0 bridgehead atoms. The molecule has 0 aliphatic rings. The van der Waals surface area contributed by atoms with Crippen LogP contribution in [0.5, 0.6) is 0 Å². The van der Waals surface area contributed by atoms with Gasteiger partial charge in [0.2, 0.25) is 0 Å². The Labute approximate surface area is 78.9 Å². The third-order valence-corrected chi connectivity index (χ3v) is 1.94. The summed E-state index contributed by atoms with van der Waals surface area (Å²) in [5.41, 5.74) is 2.13. The van der Waals surface area contributed by atoms with Gasteiger partial charge >= 0.3 is 0 Å². The van der Waals surface area contributed by atoms with Gasteiger partial charge in [-0.05, 0) is 18.9 Å². The standard InChI is InChI=1S/C9H14N2S/c1-6(2)8-4-7(3)10-9(5-12)11-8/h4,6,12H,5H2,1-3H3. The van der Waals surface area contributed by atoms with E-state index < -0.39 is 0 Å². The van der Waals surface area contributed by atoms with Crippen molar-refractivity contribution in [3.05, 3.63) is 23.3 Å². The number of thiol groups is 1. The lowest BCUT2D eigenvalue weighted by Crippen LogP contribution is -2.00. The van der Waals surface area contributed by atoms with Crippen molar-refractivity contribution in [2.75, 3.05) is 0 Å². The van der Waals surface area contributed by atoms with E-state index in [9.17, 15) is 0 Å². The molecule has 12 heavy (non-hydrogen) atoms. The predicted molar refractivity (Wildman–Crippen MR) is 53.5 cm³/mol. The van der Waals surface area contributed by atoms with Gasteiger partial charge < -0.3 is 0 Å². The Kier molecular flexibility index (Phi) is 3.09. The lowest BCUT2D eigenvalue weighted by molar-refractivity contribution is 0.793. The smallest absolute Gasteiger partial charge is 0.138 e. The van der Waals surface area contributed by atoms with Crippen LogP contribution in [0.4, 0.5) is 0 Å². The van der Waals surface area contributed by atoms with E-state index in [2.05, 4.69) is 36.4 Å². The summed E-state index contributed by atoms with van der Waals surface area (Å²) in [5.74, 6) is 1.90. The zero-order chi connectivity index (χ0) is 9.14. The van der Waals surface area contributed by atoms with Crippen molar-refractivity contribution >= 4 is 12.6 Å². The number of nitrogens with zero attached hydrogens (tertiary/aromatic N) is 2. The highest BCUT2D eigenvalue weighted by molar-refractivity contribution is 7.79. The normalized spacial score (nSPS) is 10.8. The first-order chi connectivity index (χ1) is 5.63. The largest absolute Gasteiger partial charge is 0.237 e. The van der Waals surface area contributed by atoms with Gasteiger partial charge in [0.1, 0.15) is 5.82 Å². The minimum Gasteiger partial charge on any atom is -0.237 e. The Hall–Kier alpha value is -0.570. The van der Waals surface area contributed by atoms with Gasteiger partial charge in [-0.3, -0.25) is 0 Å². The van der Waals surface area contributed by atoms with Crippen molar-refractivity contribution in [1.82, 2.24) is 9.97 Å². The average molecular weight is 182 g/mol. The summed E-state index contributed by atoms with van der Waals surface area (Å²) >= 11 is 4.15. The predicted octanol–water partition coefficient (Wildman–Crippen LogP) is 2.34. The molecule has 0 unspecified atom stereocenters. The second kappa shape index (κ2) is 3.90. The van der Waals surface area contributed by atoms with Crippen molar-refractivity contribution in [2.45, 2.75) is 32.4 Å². The van der Waals surface area contributed by atoms with Crippen molar-refractivity contribution < 1.29 is 0 Å². The summed E-state index contributed by atoms with van der Waals surface area (Å²) in [6, 6.07) is 2.03. The van der Waals surface area contributed by atoms with E-state index in [-0.39, 0.29) is 0 Å². The molecule has 66 valence electrons. The Morgan fingerprint density at radius 3 is 2.58 bits per heavy atom. The fourth-order valence-electron chi connectivity index (χ4n) is 1.02. The van der Waals surface area contributed by atoms with E-state index in [0.29, 0.717) is 11.7 Å². The molecule has 1 aromatic rings. The zero-order valence-electron chi connectivity index (χ0n) is 7.70. The molecule has 1 rings (SSSR count). The Morgan fingerprint density at radius 1 is 1.42 bits per heavy atom. The lowest BCUT2D eigenvalue weighted by atomic mass is 10.1. The molecular weight excluding hydrogens is 168 g/mol. The number of rotatable bonds is 2. The Balaban J connectivity index is 3.06. The summed E-state index contributed by atoms with van der Waals surface area (Å²) in [5, 5.41) is 0. The summed E-state index contributed by atoms with van der Waals surface area (Å²) in [7, 11) is 0. The van der Waals surface area contributed by atoms with Gasteiger partial charge in [0.15, 0.2) is 0 Å². The van der Waals surface area contributed by atoms with Gasteiger partial charge in [-0.25, -0.2) is 9.97 Å². The maximum absolute atomic E-state index is 4.36. The van der Waals surface area contributed by atoms with Crippen LogP contribution in [-0.2, 0) is 5.75 Å². The topological polar surface area (TPSA) is 25.8 Å². The van der Waals surface area contributed by atoms with Crippen LogP contribution < -0.4 is 0 Å². The van der Waals surface area contributed by atoms with Crippen LogP contribution in [0.3, 0.4) is 0 Å². The van der Waals surface area contributed by atoms with E-state index in [0.717, 1.165) is 17.2 Å². The second-order valence-corrected chi connectivity index (χ2v) is 3.48. The summed E-state index contributed by atoms with van der Waals surface area (Å²) in [6.45, 7) is 6.24. The third-order valence-electron chi connectivity index (χ3n) is 1.65. The summed E-state index contributed by atoms with van der Waals surface area (Å²) in [6.07, 6.45) is 0. The van der Waals surface area contributed by atoms with Crippen LogP contribution in [0.2, 0.25) is 0 Å². The van der Waals surface area contributed by atoms with Crippen LogP contribution >= 0.6 is 12.6 Å². The maximum atomic E-state index is 4.36. The van der Waals surface area contributed by atoms with E-state index in [1.165, 1.54) is 0 Å². The maximum Gasteiger partial charge on any atom is 0.138 e. The first-order valence-electron chi connectivity index (χ1n) is 4.08. The van der Waals surface area contributed by atoms with Gasteiger partial charge in [0.25, 0.3) is 0 Å². The molecule has 3 heteroatoms. The number of aryl methyl sites for hydroxylation is 1. The molecule has 0 aliphatic heterocycles. The Bertz CT molecular complexity index is 271. The second-order valence-electron chi connectivity index (χ2n) is 3.16. The monoisotopic (exact) mass is 182 g/mol. The van der Waals surface area contributed by atoms with Gasteiger partial charge in [-0.2, -0.15) is 12.6 Å². The fraction of sp³-hybridized carbons (Fsp3) is 0.556. The first kappa shape index (κ1) is 9.52. The van der Waals surface area contributed by atoms with Gasteiger partial charge in [-0.15, -0.1) is 0 Å². The number of hydrogen-bond donors (Lipinski definition) is 1.